The fraction of sp³-hybridized carbons (Fsp3) is 0.273. The summed E-state index contributed by atoms with van der Waals surface area (Å²) in [7, 11) is 0. The largest absolute Gasteiger partial charge is 0.395 e. The molecule has 2 aromatic rings. The first kappa shape index (κ1) is 19.8. The maximum absolute atomic E-state index is 12.4. The normalized spacial score (nSPS) is 14.0. The van der Waals surface area contributed by atoms with Crippen molar-refractivity contribution >= 4 is 17.5 Å². The van der Waals surface area contributed by atoms with Crippen molar-refractivity contribution < 1.29 is 14.7 Å². The standard InChI is InChI=1S/C22H25N3O3/c1-2-24(15-17-8-4-3-5-9-17)16-18-10-6-7-11-19(18)23-20-14-21(27)25(12-13-26)22(20)28/h3-11,14,23,26H,2,12-13,15-16H2,1H3. The number of benzene rings is 2. The van der Waals surface area contributed by atoms with Gasteiger partial charge in [0.1, 0.15) is 5.70 Å². The van der Waals surface area contributed by atoms with Gasteiger partial charge in [0.05, 0.1) is 13.2 Å². The van der Waals surface area contributed by atoms with E-state index >= 15 is 0 Å². The SMILES string of the molecule is CCN(Cc1ccccc1)Cc1ccccc1NC1=CC(=O)N(CCO)C1=O. The number of hydrogen-bond donors (Lipinski definition) is 2. The monoisotopic (exact) mass is 379 g/mol. The quantitative estimate of drug-likeness (QED) is 0.655. The van der Waals surface area contributed by atoms with E-state index in [9.17, 15) is 9.59 Å². The highest BCUT2D eigenvalue weighted by atomic mass is 16.3. The van der Waals surface area contributed by atoms with Gasteiger partial charge in [-0.3, -0.25) is 19.4 Å². The second kappa shape index (κ2) is 9.30. The number of imide groups is 1. The van der Waals surface area contributed by atoms with E-state index in [0.29, 0.717) is 6.54 Å². The number of aliphatic hydroxyl groups excluding tert-OH is 1. The van der Waals surface area contributed by atoms with Crippen LogP contribution in [0, 0.1) is 0 Å². The van der Waals surface area contributed by atoms with Gasteiger partial charge in [0.2, 0.25) is 0 Å². The van der Waals surface area contributed by atoms with Crippen LogP contribution in [-0.2, 0) is 22.7 Å². The van der Waals surface area contributed by atoms with Gasteiger partial charge in [-0.1, -0.05) is 55.5 Å². The highest BCUT2D eigenvalue weighted by Gasteiger charge is 2.30. The Kier molecular flexibility index (Phi) is 6.57. The molecule has 0 spiro atoms. The van der Waals surface area contributed by atoms with E-state index in [1.54, 1.807) is 0 Å². The second-order valence-corrected chi connectivity index (χ2v) is 6.65. The topological polar surface area (TPSA) is 72.9 Å². The van der Waals surface area contributed by atoms with Crippen molar-refractivity contribution in [3.63, 3.8) is 0 Å². The first-order valence-corrected chi connectivity index (χ1v) is 9.42. The molecule has 2 amide bonds. The number of aliphatic hydroxyl groups is 1. The lowest BCUT2D eigenvalue weighted by molar-refractivity contribution is -0.137. The number of para-hydroxylation sites is 1. The van der Waals surface area contributed by atoms with E-state index in [0.717, 1.165) is 29.2 Å². The summed E-state index contributed by atoms with van der Waals surface area (Å²) in [5.41, 5.74) is 3.32. The molecule has 0 saturated heterocycles. The number of β-amino-alcohol motifs (C(OH)–C–C–N with tert-alkyl or cyclic N) is 1. The fourth-order valence-electron chi connectivity index (χ4n) is 3.20. The molecular formula is C22H25N3O3. The Morgan fingerprint density at radius 2 is 1.71 bits per heavy atom. The molecule has 146 valence electrons. The van der Waals surface area contributed by atoms with Crippen LogP contribution in [0.1, 0.15) is 18.1 Å². The van der Waals surface area contributed by atoms with Gasteiger partial charge in [-0.25, -0.2) is 0 Å². The van der Waals surface area contributed by atoms with Gasteiger partial charge < -0.3 is 10.4 Å². The summed E-state index contributed by atoms with van der Waals surface area (Å²) in [5.74, 6) is -0.816. The van der Waals surface area contributed by atoms with Crippen molar-refractivity contribution in [3.8, 4) is 0 Å². The molecule has 0 atom stereocenters. The zero-order valence-electron chi connectivity index (χ0n) is 16.0. The smallest absolute Gasteiger partial charge is 0.277 e. The number of anilines is 1. The van der Waals surface area contributed by atoms with Crippen molar-refractivity contribution in [2.45, 2.75) is 20.0 Å². The molecule has 2 N–H and O–H groups in total. The molecule has 6 nitrogen and oxygen atoms in total. The van der Waals surface area contributed by atoms with Crippen molar-refractivity contribution in [3.05, 3.63) is 77.5 Å². The molecule has 0 radical (unpaired) electrons. The maximum Gasteiger partial charge on any atom is 0.277 e. The third-order valence-electron chi connectivity index (χ3n) is 4.71. The van der Waals surface area contributed by atoms with Crippen molar-refractivity contribution in [2.75, 3.05) is 25.0 Å². The summed E-state index contributed by atoms with van der Waals surface area (Å²) in [6, 6.07) is 18.1. The van der Waals surface area contributed by atoms with Gasteiger partial charge in [0.25, 0.3) is 11.8 Å². The second-order valence-electron chi connectivity index (χ2n) is 6.65. The van der Waals surface area contributed by atoms with E-state index in [1.807, 2.05) is 42.5 Å². The molecule has 0 unspecified atom stereocenters. The van der Waals surface area contributed by atoms with Gasteiger partial charge in [-0.2, -0.15) is 0 Å². The van der Waals surface area contributed by atoms with E-state index in [-0.39, 0.29) is 18.8 Å². The number of rotatable bonds is 9. The molecular weight excluding hydrogens is 354 g/mol. The van der Waals surface area contributed by atoms with Crippen molar-refractivity contribution in [1.29, 1.82) is 0 Å². The Labute approximate surface area is 165 Å². The zero-order chi connectivity index (χ0) is 19.9. The van der Waals surface area contributed by atoms with Crippen LogP contribution in [0.2, 0.25) is 0 Å². The van der Waals surface area contributed by atoms with Crippen molar-refractivity contribution in [2.24, 2.45) is 0 Å². The third-order valence-corrected chi connectivity index (χ3v) is 4.71. The van der Waals surface area contributed by atoms with Gasteiger partial charge in [-0.05, 0) is 23.7 Å². The summed E-state index contributed by atoms with van der Waals surface area (Å²) in [4.78, 5) is 27.7. The lowest BCUT2D eigenvalue weighted by Crippen LogP contribution is -2.34. The Morgan fingerprint density at radius 1 is 1.00 bits per heavy atom. The number of carbonyl (C=O) groups excluding carboxylic acids is 2. The molecule has 0 aliphatic carbocycles. The van der Waals surface area contributed by atoms with Gasteiger partial charge in [-0.15, -0.1) is 0 Å². The number of hydrogen-bond acceptors (Lipinski definition) is 5. The van der Waals surface area contributed by atoms with E-state index in [4.69, 9.17) is 5.11 Å². The lowest BCUT2D eigenvalue weighted by atomic mass is 10.1. The summed E-state index contributed by atoms with van der Waals surface area (Å²) in [6.45, 7) is 4.29. The van der Waals surface area contributed by atoms with E-state index in [2.05, 4.69) is 29.3 Å². The van der Waals surface area contributed by atoms with E-state index < -0.39 is 11.8 Å². The molecule has 0 aromatic heterocycles. The Morgan fingerprint density at radius 3 is 2.43 bits per heavy atom. The van der Waals surface area contributed by atoms with Crippen LogP contribution in [0.4, 0.5) is 5.69 Å². The highest BCUT2D eigenvalue weighted by Crippen LogP contribution is 2.22. The van der Waals surface area contributed by atoms with Crippen LogP contribution >= 0.6 is 0 Å². The number of nitrogens with one attached hydrogen (secondary N) is 1. The molecule has 1 aliphatic heterocycles. The molecule has 6 heteroatoms. The van der Waals surface area contributed by atoms with Gasteiger partial charge in [0.15, 0.2) is 0 Å². The lowest BCUT2D eigenvalue weighted by Gasteiger charge is -2.22. The molecule has 1 aliphatic rings. The number of carbonyl (C=O) groups is 2. The predicted octanol–water partition coefficient (Wildman–Crippen LogP) is 2.37. The fourth-order valence-corrected chi connectivity index (χ4v) is 3.20. The Hall–Kier alpha value is -2.96. The Bertz CT molecular complexity index is 864. The van der Waals surface area contributed by atoms with Crippen LogP contribution in [0.3, 0.4) is 0 Å². The van der Waals surface area contributed by atoms with E-state index in [1.165, 1.54) is 11.6 Å². The average molecular weight is 379 g/mol. The molecule has 0 bridgehead atoms. The zero-order valence-corrected chi connectivity index (χ0v) is 16.0. The van der Waals surface area contributed by atoms with Crippen LogP contribution < -0.4 is 5.32 Å². The molecule has 0 saturated carbocycles. The minimum atomic E-state index is -0.412. The van der Waals surface area contributed by atoms with Crippen LogP contribution in [-0.4, -0.2) is 46.4 Å². The molecule has 3 rings (SSSR count). The first-order valence-electron chi connectivity index (χ1n) is 9.42. The minimum Gasteiger partial charge on any atom is -0.395 e. The number of amides is 2. The van der Waals surface area contributed by atoms with Crippen LogP contribution in [0.25, 0.3) is 0 Å². The average Bonchev–Trinajstić information content (AvgIpc) is 2.97. The predicted molar refractivity (Wildman–Crippen MR) is 108 cm³/mol. The molecule has 0 fully saturated rings. The van der Waals surface area contributed by atoms with Crippen molar-refractivity contribution in [1.82, 2.24) is 9.80 Å². The van der Waals surface area contributed by atoms with Crippen LogP contribution in [0.5, 0.6) is 0 Å². The van der Waals surface area contributed by atoms with Gasteiger partial charge in [0, 0.05) is 24.9 Å². The van der Waals surface area contributed by atoms with Crippen LogP contribution in [0.15, 0.2) is 66.4 Å². The first-order chi connectivity index (χ1) is 13.6. The van der Waals surface area contributed by atoms with Gasteiger partial charge >= 0.3 is 0 Å². The Balaban J connectivity index is 1.73. The summed E-state index contributed by atoms with van der Waals surface area (Å²) < 4.78 is 0. The summed E-state index contributed by atoms with van der Waals surface area (Å²) >= 11 is 0. The highest BCUT2D eigenvalue weighted by molar-refractivity contribution is 6.17. The molecule has 28 heavy (non-hydrogen) atoms. The molecule has 1 heterocycles. The summed E-state index contributed by atoms with van der Waals surface area (Å²) in [5, 5.41) is 12.1. The molecule has 2 aromatic carbocycles. The maximum atomic E-state index is 12.4. The summed E-state index contributed by atoms with van der Waals surface area (Å²) in [6.07, 6.45) is 1.29. The number of nitrogens with zero attached hydrogens (tertiary/aromatic N) is 2. The third kappa shape index (κ3) is 4.65. The minimum absolute atomic E-state index is 0.00167.